The first-order valence-corrected chi connectivity index (χ1v) is 10.5. The largest absolute Gasteiger partial charge is 0.299 e. The first kappa shape index (κ1) is 21.8. The van der Waals surface area contributed by atoms with E-state index in [0.29, 0.717) is 12.8 Å². The van der Waals surface area contributed by atoms with E-state index >= 15 is 0 Å². The van der Waals surface area contributed by atoms with Crippen LogP contribution in [0.5, 0.6) is 0 Å². The van der Waals surface area contributed by atoms with Crippen LogP contribution in [0.1, 0.15) is 97.3 Å². The van der Waals surface area contributed by atoms with Crippen LogP contribution < -0.4 is 0 Å². The molecule has 0 bridgehead atoms. The zero-order chi connectivity index (χ0) is 16.7. The highest BCUT2D eigenvalue weighted by molar-refractivity contribution is 7.87. The van der Waals surface area contributed by atoms with E-state index in [1.165, 1.54) is 38.5 Å². The molecule has 22 heavy (non-hydrogen) atoms. The summed E-state index contributed by atoms with van der Waals surface area (Å²) in [5.41, 5.74) is -1.86. The Kier molecular flexibility index (Phi) is 14.3. The third kappa shape index (κ3) is 12.4. The highest BCUT2D eigenvalue weighted by Gasteiger charge is 2.25. The van der Waals surface area contributed by atoms with Gasteiger partial charge in [0.05, 0.1) is 6.61 Å². The third-order valence-electron chi connectivity index (χ3n) is 3.84. The molecule has 5 heteroatoms. The number of hydrogen-bond donors (Lipinski definition) is 0. The summed E-state index contributed by atoms with van der Waals surface area (Å²) in [5.74, 6) is 0. The zero-order valence-electron chi connectivity index (χ0n) is 14.5. The summed E-state index contributed by atoms with van der Waals surface area (Å²) < 4.78 is 41.5. The molecule has 0 aromatic heterocycles. The molecule has 0 saturated carbocycles. The third-order valence-corrected chi connectivity index (χ3v) is 5.20. The lowest BCUT2D eigenvalue weighted by molar-refractivity contribution is 0.271. The molecule has 1 atom stereocenters. The van der Waals surface area contributed by atoms with Crippen LogP contribution in [-0.2, 0) is 14.3 Å². The minimum Gasteiger partial charge on any atom is -0.268 e. The number of unbranched alkanes of at least 4 members (excludes halogenated alkanes) is 10. The van der Waals surface area contributed by atoms with Crippen molar-refractivity contribution < 1.29 is 17.0 Å². The Balaban J connectivity index is 3.52. The van der Waals surface area contributed by atoms with E-state index in [1.807, 2.05) is 6.92 Å². The second kappa shape index (κ2) is 14.4. The summed E-state index contributed by atoms with van der Waals surface area (Å²) in [6.45, 7) is 4.33. The van der Waals surface area contributed by atoms with Crippen molar-refractivity contribution in [3.05, 3.63) is 0 Å². The lowest BCUT2D eigenvalue weighted by atomic mass is 10.1. The minimum atomic E-state index is -4.02. The average Bonchev–Trinajstić information content (AvgIpc) is 2.49. The predicted molar refractivity (Wildman–Crippen MR) is 91.1 cm³/mol. The van der Waals surface area contributed by atoms with Gasteiger partial charge in [-0.1, -0.05) is 78.1 Å². The van der Waals surface area contributed by atoms with Gasteiger partial charge in [-0.3, -0.25) is 4.18 Å². The molecule has 134 valence electrons. The molecule has 0 saturated heterocycles. The predicted octanol–water partition coefficient (Wildman–Crippen LogP) is 5.74. The summed E-state index contributed by atoms with van der Waals surface area (Å²) in [5, 5.41) is 0. The maximum atomic E-state index is 13.6. The van der Waals surface area contributed by atoms with Gasteiger partial charge in [-0.2, -0.15) is 8.42 Å². The molecule has 3 nitrogen and oxygen atoms in total. The van der Waals surface area contributed by atoms with Crippen molar-refractivity contribution in [3.63, 3.8) is 0 Å². The van der Waals surface area contributed by atoms with Crippen molar-refractivity contribution in [2.75, 3.05) is 6.61 Å². The number of hydrogen-bond acceptors (Lipinski definition) is 3. The Morgan fingerprint density at radius 1 is 0.773 bits per heavy atom. The topological polar surface area (TPSA) is 43.4 Å². The molecule has 0 radical (unpaired) electrons. The summed E-state index contributed by atoms with van der Waals surface area (Å²) in [6, 6.07) is 0. The van der Waals surface area contributed by atoms with Crippen molar-refractivity contribution >= 4 is 10.1 Å². The van der Waals surface area contributed by atoms with Crippen LogP contribution in [0.2, 0.25) is 0 Å². The SMILES string of the molecule is CCCCCCCCCCCOS(=O)(=O)C(F)CCCCC. The van der Waals surface area contributed by atoms with E-state index in [9.17, 15) is 12.8 Å². The molecule has 0 aliphatic rings. The van der Waals surface area contributed by atoms with Gasteiger partial charge in [-0.25, -0.2) is 4.39 Å². The average molecular weight is 339 g/mol. The molecule has 0 aliphatic heterocycles. The molecule has 0 aliphatic carbocycles. The smallest absolute Gasteiger partial charge is 0.268 e. The van der Waals surface area contributed by atoms with Gasteiger partial charge in [0.15, 0.2) is 0 Å². The maximum absolute atomic E-state index is 13.6. The first-order valence-electron chi connectivity index (χ1n) is 9.07. The van der Waals surface area contributed by atoms with Crippen LogP contribution in [0.4, 0.5) is 4.39 Å². The molecule has 0 aromatic rings. The maximum Gasteiger partial charge on any atom is 0.299 e. The Morgan fingerprint density at radius 2 is 1.23 bits per heavy atom. The molecule has 0 N–H and O–H groups in total. The van der Waals surface area contributed by atoms with E-state index < -0.39 is 15.6 Å². The fourth-order valence-electron chi connectivity index (χ4n) is 2.36. The zero-order valence-corrected chi connectivity index (χ0v) is 15.3. The Hall–Kier alpha value is -0.160. The van der Waals surface area contributed by atoms with Gasteiger partial charge in [-0.15, -0.1) is 0 Å². The summed E-state index contributed by atoms with van der Waals surface area (Å²) in [7, 11) is -4.02. The van der Waals surface area contributed by atoms with Crippen molar-refractivity contribution in [1.82, 2.24) is 0 Å². The van der Waals surface area contributed by atoms with Crippen molar-refractivity contribution in [1.29, 1.82) is 0 Å². The van der Waals surface area contributed by atoms with Gasteiger partial charge in [0.2, 0.25) is 5.50 Å². The van der Waals surface area contributed by atoms with E-state index in [-0.39, 0.29) is 13.0 Å². The molecule has 0 spiro atoms. The minimum absolute atomic E-state index is 0.0495. The Labute approximate surface area is 137 Å². The van der Waals surface area contributed by atoms with Crippen molar-refractivity contribution in [3.8, 4) is 0 Å². The fourth-order valence-corrected chi connectivity index (χ4v) is 3.31. The molecular weight excluding hydrogens is 303 g/mol. The number of alkyl halides is 1. The molecule has 0 heterocycles. The lowest BCUT2D eigenvalue weighted by Crippen LogP contribution is -2.19. The summed E-state index contributed by atoms with van der Waals surface area (Å²) in [4.78, 5) is 0. The summed E-state index contributed by atoms with van der Waals surface area (Å²) in [6.07, 6.45) is 12.8. The molecular formula is C17H35FO3S. The van der Waals surface area contributed by atoms with Gasteiger partial charge in [-0.05, 0) is 19.3 Å². The summed E-state index contributed by atoms with van der Waals surface area (Å²) >= 11 is 0. The van der Waals surface area contributed by atoms with Gasteiger partial charge >= 0.3 is 0 Å². The monoisotopic (exact) mass is 338 g/mol. The highest BCUT2D eigenvalue weighted by atomic mass is 32.2. The Morgan fingerprint density at radius 3 is 1.77 bits per heavy atom. The van der Waals surface area contributed by atoms with Gasteiger partial charge < -0.3 is 0 Å². The van der Waals surface area contributed by atoms with Gasteiger partial charge in [0.1, 0.15) is 0 Å². The highest BCUT2D eigenvalue weighted by Crippen LogP contribution is 2.15. The normalized spacial score (nSPS) is 13.4. The van der Waals surface area contributed by atoms with Gasteiger partial charge in [0, 0.05) is 0 Å². The fraction of sp³-hybridized carbons (Fsp3) is 1.00. The Bertz CT molecular complexity index is 331. The van der Waals surface area contributed by atoms with Crippen LogP contribution in [0.3, 0.4) is 0 Å². The van der Waals surface area contributed by atoms with Gasteiger partial charge in [0.25, 0.3) is 10.1 Å². The van der Waals surface area contributed by atoms with Crippen molar-refractivity contribution in [2.45, 2.75) is 103 Å². The van der Waals surface area contributed by atoms with Crippen LogP contribution >= 0.6 is 0 Å². The number of rotatable bonds is 16. The van der Waals surface area contributed by atoms with Crippen LogP contribution in [-0.4, -0.2) is 20.5 Å². The molecule has 0 rings (SSSR count). The lowest BCUT2D eigenvalue weighted by Gasteiger charge is -2.10. The molecule has 0 amide bonds. The molecule has 0 aromatic carbocycles. The van der Waals surface area contributed by atoms with Crippen LogP contribution in [0.15, 0.2) is 0 Å². The second-order valence-electron chi connectivity index (χ2n) is 6.05. The van der Waals surface area contributed by atoms with Crippen LogP contribution in [0.25, 0.3) is 0 Å². The quantitative estimate of drug-likeness (QED) is 0.266. The van der Waals surface area contributed by atoms with E-state index in [4.69, 9.17) is 4.18 Å². The van der Waals surface area contributed by atoms with Crippen molar-refractivity contribution in [2.24, 2.45) is 0 Å². The van der Waals surface area contributed by atoms with Crippen LogP contribution in [0, 0.1) is 0 Å². The second-order valence-corrected chi connectivity index (χ2v) is 7.78. The van der Waals surface area contributed by atoms with E-state index in [2.05, 4.69) is 6.92 Å². The first-order chi connectivity index (χ1) is 10.5. The molecule has 1 unspecified atom stereocenters. The van der Waals surface area contributed by atoms with E-state index in [1.54, 1.807) is 0 Å². The number of halogens is 1. The standard InChI is InChI=1S/C17H35FO3S/c1-3-5-7-8-9-10-11-12-14-16-21-22(19,20)17(18)15-13-6-4-2/h17H,3-16H2,1-2H3. The molecule has 0 fully saturated rings. The van der Waals surface area contributed by atoms with E-state index in [0.717, 1.165) is 25.7 Å².